The molecule has 1 unspecified atom stereocenters. The first-order valence-corrected chi connectivity index (χ1v) is 7.79. The Kier molecular flexibility index (Phi) is 7.44. The number of primary amides is 2. The molecule has 0 spiro atoms. The Balaban J connectivity index is 2.57. The number of aliphatic hydroxyl groups excluding tert-OH is 1. The largest absolute Gasteiger partial charge is 0.393 e. The average molecular weight is 357 g/mol. The first-order valence-electron chi connectivity index (χ1n) is 7.79. The van der Waals surface area contributed by atoms with E-state index in [-0.39, 0.29) is 25.7 Å². The molecule has 139 valence electrons. The van der Waals surface area contributed by atoms with Crippen molar-refractivity contribution in [2.24, 2.45) is 17.4 Å². The van der Waals surface area contributed by atoms with Crippen molar-refractivity contribution in [3.63, 3.8) is 0 Å². The van der Waals surface area contributed by atoms with E-state index in [0.717, 1.165) is 18.2 Å². The summed E-state index contributed by atoms with van der Waals surface area (Å²) in [5, 5.41) is 19.8. The summed E-state index contributed by atoms with van der Waals surface area (Å²) in [6.07, 6.45) is 0.378. The van der Waals surface area contributed by atoms with Gasteiger partial charge >= 0.3 is 0 Å². The molecule has 0 aliphatic carbocycles. The van der Waals surface area contributed by atoms with Crippen LogP contribution in [-0.2, 0) is 16.0 Å². The third kappa shape index (κ3) is 7.15. The van der Waals surface area contributed by atoms with Gasteiger partial charge in [0, 0.05) is 12.0 Å². The highest BCUT2D eigenvalue weighted by Gasteiger charge is 2.30. The molecule has 0 aliphatic rings. The maximum absolute atomic E-state index is 13.1. The Bertz CT molecular complexity index is 602. The number of nitrogens with two attached hydrogens (primary N) is 2. The van der Waals surface area contributed by atoms with Gasteiger partial charge in [-0.15, -0.1) is 0 Å². The summed E-state index contributed by atoms with van der Waals surface area (Å²) in [5.41, 5.74) is 8.89. The third-order valence-corrected chi connectivity index (χ3v) is 3.99. The lowest BCUT2D eigenvalue weighted by molar-refractivity contribution is -0.136. The number of carbonyl (C=O) groups is 2. The number of hydrogen-bond donors (Lipinski definition) is 4. The zero-order chi connectivity index (χ0) is 19.2. The second-order valence-electron chi connectivity index (χ2n) is 6.30. The van der Waals surface area contributed by atoms with Gasteiger partial charge in [-0.1, -0.05) is 0 Å². The van der Waals surface area contributed by atoms with Gasteiger partial charge in [0.15, 0.2) is 0 Å². The van der Waals surface area contributed by atoms with Crippen molar-refractivity contribution in [2.75, 3.05) is 0 Å². The maximum atomic E-state index is 13.1. The molecule has 8 heteroatoms. The number of halogens is 2. The van der Waals surface area contributed by atoms with Crippen LogP contribution in [0, 0.1) is 24.0 Å². The molecule has 2 amide bonds. The molecular weight excluding hydrogens is 334 g/mol. The summed E-state index contributed by atoms with van der Waals surface area (Å²) in [5.74, 6) is -3.84. The van der Waals surface area contributed by atoms with Gasteiger partial charge in [-0.05, 0) is 56.7 Å². The van der Waals surface area contributed by atoms with E-state index in [1.807, 2.05) is 0 Å². The molecule has 0 aliphatic heterocycles. The molecule has 6 N–H and O–H groups in total. The molecule has 1 rings (SSSR count). The third-order valence-electron chi connectivity index (χ3n) is 3.99. The molecule has 0 bridgehead atoms. The van der Waals surface area contributed by atoms with Crippen molar-refractivity contribution in [3.8, 4) is 0 Å². The van der Waals surface area contributed by atoms with E-state index in [0.29, 0.717) is 5.56 Å². The number of hydrogen-bond acceptors (Lipinski definition) is 4. The molecule has 0 fully saturated rings. The van der Waals surface area contributed by atoms with Gasteiger partial charge in [-0.2, -0.15) is 0 Å². The normalized spacial score (nSPS) is 16.0. The van der Waals surface area contributed by atoms with Gasteiger partial charge in [0.25, 0.3) is 0 Å². The van der Waals surface area contributed by atoms with Crippen molar-refractivity contribution in [2.45, 2.75) is 44.3 Å². The fraction of sp³-hybridized carbons (Fsp3) is 0.471. The van der Waals surface area contributed by atoms with Crippen molar-refractivity contribution >= 4 is 11.8 Å². The predicted octanol–water partition coefficient (Wildman–Crippen LogP) is 0.581. The molecule has 0 aromatic heterocycles. The number of benzene rings is 1. The highest BCUT2D eigenvalue weighted by molar-refractivity contribution is 5.82. The molecule has 25 heavy (non-hydrogen) atoms. The van der Waals surface area contributed by atoms with Crippen molar-refractivity contribution < 1.29 is 28.6 Å². The van der Waals surface area contributed by atoms with Gasteiger partial charge in [0.2, 0.25) is 11.8 Å². The van der Waals surface area contributed by atoms with Crippen LogP contribution in [-0.4, -0.2) is 33.7 Å². The van der Waals surface area contributed by atoms with Gasteiger partial charge in [0.05, 0.1) is 6.10 Å². The van der Waals surface area contributed by atoms with Crippen LogP contribution >= 0.6 is 0 Å². The summed E-state index contributed by atoms with van der Waals surface area (Å²) >= 11 is 0. The van der Waals surface area contributed by atoms with E-state index >= 15 is 0 Å². The van der Waals surface area contributed by atoms with Gasteiger partial charge in [-0.3, -0.25) is 9.59 Å². The van der Waals surface area contributed by atoms with E-state index in [2.05, 4.69) is 0 Å². The topological polar surface area (TPSA) is 127 Å². The molecule has 0 saturated carbocycles. The van der Waals surface area contributed by atoms with Crippen LogP contribution in [0.2, 0.25) is 0 Å². The van der Waals surface area contributed by atoms with Crippen LogP contribution in [0.5, 0.6) is 0 Å². The average Bonchev–Trinajstić information content (AvgIpc) is 2.48. The molecule has 1 aromatic carbocycles. The van der Waals surface area contributed by atoms with Crippen molar-refractivity contribution in [1.29, 1.82) is 0 Å². The van der Waals surface area contributed by atoms with E-state index in [9.17, 15) is 28.6 Å². The Morgan fingerprint density at radius 2 is 1.80 bits per heavy atom. The summed E-state index contributed by atoms with van der Waals surface area (Å²) in [4.78, 5) is 22.6. The summed E-state index contributed by atoms with van der Waals surface area (Å²) < 4.78 is 26.2. The highest BCUT2D eigenvalue weighted by atomic mass is 19.1. The first-order chi connectivity index (χ1) is 11.5. The molecule has 3 atom stereocenters. The molecule has 0 heterocycles. The summed E-state index contributed by atoms with van der Waals surface area (Å²) in [7, 11) is 0. The van der Waals surface area contributed by atoms with Crippen molar-refractivity contribution in [1.82, 2.24) is 0 Å². The second kappa shape index (κ2) is 8.87. The SMILES string of the molecule is CC(O)(CC[C@H](C[C@@H](O)[CH]Cc1cc(F)cc(F)c1)C(N)=O)C(N)=O. The van der Waals surface area contributed by atoms with Crippen LogP contribution in [0.15, 0.2) is 18.2 Å². The standard InChI is InChI=1S/C17H23F2N2O4/c1-17(25,16(21)24)5-4-11(15(20)23)8-14(22)3-2-10-6-12(18)9-13(19)7-10/h3,6-7,9,11,14,22,25H,2,4-5,8H2,1H3,(H2,20,23)(H2,21,24)/t11-,14+,17?/m1/s1. The van der Waals surface area contributed by atoms with Crippen LogP contribution in [0.3, 0.4) is 0 Å². The van der Waals surface area contributed by atoms with Crippen LogP contribution in [0.25, 0.3) is 0 Å². The van der Waals surface area contributed by atoms with E-state index in [4.69, 9.17) is 11.5 Å². The predicted molar refractivity (Wildman–Crippen MR) is 86.7 cm³/mol. The molecule has 0 saturated heterocycles. The molecule has 6 nitrogen and oxygen atoms in total. The Morgan fingerprint density at radius 3 is 2.28 bits per heavy atom. The smallest absolute Gasteiger partial charge is 0.249 e. The van der Waals surface area contributed by atoms with Gasteiger partial charge in [0.1, 0.15) is 17.2 Å². The van der Waals surface area contributed by atoms with Gasteiger partial charge in [-0.25, -0.2) is 8.78 Å². The van der Waals surface area contributed by atoms with Crippen LogP contribution in [0.4, 0.5) is 8.78 Å². The maximum Gasteiger partial charge on any atom is 0.249 e. The number of rotatable bonds is 10. The molecule has 1 radical (unpaired) electrons. The monoisotopic (exact) mass is 357 g/mol. The van der Waals surface area contributed by atoms with Crippen LogP contribution < -0.4 is 11.5 Å². The number of aliphatic hydroxyl groups is 2. The Labute approximate surface area is 144 Å². The lowest BCUT2D eigenvalue weighted by Gasteiger charge is -2.23. The number of carbonyl (C=O) groups excluding carboxylic acids is 2. The summed E-state index contributed by atoms with van der Waals surface area (Å²) in [6.45, 7) is 1.23. The Morgan fingerprint density at radius 1 is 1.24 bits per heavy atom. The minimum absolute atomic E-state index is 0.0397. The van der Waals surface area contributed by atoms with E-state index < -0.39 is 41.1 Å². The molecular formula is C17H23F2N2O4. The fourth-order valence-corrected chi connectivity index (χ4v) is 2.34. The fourth-order valence-electron chi connectivity index (χ4n) is 2.34. The molecule has 1 aromatic rings. The van der Waals surface area contributed by atoms with E-state index in [1.165, 1.54) is 13.3 Å². The van der Waals surface area contributed by atoms with Crippen LogP contribution in [0.1, 0.15) is 31.7 Å². The minimum atomic E-state index is -1.78. The van der Waals surface area contributed by atoms with Crippen molar-refractivity contribution in [3.05, 3.63) is 41.8 Å². The zero-order valence-electron chi connectivity index (χ0n) is 13.9. The lowest BCUT2D eigenvalue weighted by Crippen LogP contribution is -2.42. The quantitative estimate of drug-likeness (QED) is 0.488. The van der Waals surface area contributed by atoms with Gasteiger partial charge < -0.3 is 21.7 Å². The number of amides is 2. The first kappa shape index (κ1) is 21.0. The highest BCUT2D eigenvalue weighted by Crippen LogP contribution is 2.21. The summed E-state index contributed by atoms with van der Waals surface area (Å²) in [6, 6.07) is 3.03. The van der Waals surface area contributed by atoms with E-state index in [1.54, 1.807) is 0 Å². The minimum Gasteiger partial charge on any atom is -0.393 e. The zero-order valence-corrected chi connectivity index (χ0v) is 13.9. The lowest BCUT2D eigenvalue weighted by atomic mass is 9.88. The second-order valence-corrected chi connectivity index (χ2v) is 6.30. The Hall–Kier alpha value is -2.06.